The Morgan fingerprint density at radius 2 is 2.21 bits per heavy atom. The molecule has 0 saturated heterocycles. The summed E-state index contributed by atoms with van der Waals surface area (Å²) in [6.07, 6.45) is 6.63. The van der Waals surface area contributed by atoms with E-state index in [1.165, 1.54) is 25.0 Å². The van der Waals surface area contributed by atoms with E-state index in [2.05, 4.69) is 29.1 Å². The van der Waals surface area contributed by atoms with E-state index in [1.807, 2.05) is 6.20 Å². The van der Waals surface area contributed by atoms with E-state index in [4.69, 9.17) is 0 Å². The van der Waals surface area contributed by atoms with E-state index in [-0.39, 0.29) is 0 Å². The number of hydrogen-bond donors (Lipinski definition) is 2. The maximum atomic E-state index is 4.34. The first-order chi connectivity index (χ1) is 6.86. The van der Waals surface area contributed by atoms with E-state index in [0.717, 1.165) is 25.3 Å². The van der Waals surface area contributed by atoms with Crippen LogP contribution in [0.2, 0.25) is 0 Å². The molecule has 0 aliphatic rings. The molecule has 0 aromatic carbocycles. The summed E-state index contributed by atoms with van der Waals surface area (Å²) >= 11 is 0. The number of aromatic nitrogens is 2. The van der Waals surface area contributed by atoms with Crippen molar-refractivity contribution in [3.8, 4) is 0 Å². The van der Waals surface area contributed by atoms with Gasteiger partial charge in [0.05, 0.1) is 0 Å². The van der Waals surface area contributed by atoms with Crippen molar-refractivity contribution in [2.75, 3.05) is 6.54 Å². The van der Waals surface area contributed by atoms with Gasteiger partial charge in [0.15, 0.2) is 0 Å². The number of aromatic amines is 1. The van der Waals surface area contributed by atoms with Crippen LogP contribution in [0.15, 0.2) is 6.20 Å². The third-order valence-corrected chi connectivity index (χ3v) is 2.19. The van der Waals surface area contributed by atoms with Gasteiger partial charge in [-0.05, 0) is 19.4 Å². The largest absolute Gasteiger partial charge is 0.345 e. The molecule has 0 atom stereocenters. The van der Waals surface area contributed by atoms with Gasteiger partial charge in [-0.15, -0.1) is 0 Å². The number of hydrogen-bond acceptors (Lipinski definition) is 2. The summed E-state index contributed by atoms with van der Waals surface area (Å²) in [6, 6.07) is 0. The summed E-state index contributed by atoms with van der Waals surface area (Å²) in [7, 11) is 0. The van der Waals surface area contributed by atoms with Crippen molar-refractivity contribution < 1.29 is 0 Å². The molecule has 1 rings (SSSR count). The topological polar surface area (TPSA) is 40.7 Å². The molecule has 0 aliphatic heterocycles. The molecule has 2 N–H and O–H groups in total. The van der Waals surface area contributed by atoms with E-state index in [0.29, 0.717) is 0 Å². The Morgan fingerprint density at radius 1 is 1.36 bits per heavy atom. The molecule has 0 spiro atoms. The van der Waals surface area contributed by atoms with Crippen LogP contribution in [0.25, 0.3) is 0 Å². The van der Waals surface area contributed by atoms with Crippen LogP contribution in [0, 0.1) is 0 Å². The Morgan fingerprint density at radius 3 is 2.93 bits per heavy atom. The smallest absolute Gasteiger partial charge is 0.106 e. The highest BCUT2D eigenvalue weighted by Gasteiger charge is 1.98. The highest BCUT2D eigenvalue weighted by atomic mass is 15.0. The number of nitrogens with one attached hydrogen (secondary N) is 2. The summed E-state index contributed by atoms with van der Waals surface area (Å²) in [6.45, 7) is 6.36. The SMILES string of the molecule is CCCCc1ncc(CNCCC)[nH]1. The van der Waals surface area contributed by atoms with E-state index in [9.17, 15) is 0 Å². The molecule has 1 aromatic rings. The van der Waals surface area contributed by atoms with Gasteiger partial charge in [-0.1, -0.05) is 20.3 Å². The zero-order chi connectivity index (χ0) is 10.2. The van der Waals surface area contributed by atoms with Crippen LogP contribution in [0.1, 0.15) is 44.6 Å². The molecule has 0 radical (unpaired) electrons. The average molecular weight is 195 g/mol. The lowest BCUT2D eigenvalue weighted by molar-refractivity contribution is 0.664. The minimum atomic E-state index is 0.910. The van der Waals surface area contributed by atoms with Gasteiger partial charge in [0.1, 0.15) is 5.82 Å². The lowest BCUT2D eigenvalue weighted by atomic mass is 10.2. The molecule has 0 bridgehead atoms. The third-order valence-electron chi connectivity index (χ3n) is 2.19. The van der Waals surface area contributed by atoms with Crippen LogP contribution in [0.3, 0.4) is 0 Å². The van der Waals surface area contributed by atoms with Crippen molar-refractivity contribution in [2.45, 2.75) is 46.1 Å². The molecule has 0 aliphatic carbocycles. The predicted octanol–water partition coefficient (Wildman–Crippen LogP) is 2.25. The Kier molecular flexibility index (Phi) is 5.30. The molecule has 1 aromatic heterocycles. The predicted molar refractivity (Wildman–Crippen MR) is 59.2 cm³/mol. The van der Waals surface area contributed by atoms with E-state index in [1.54, 1.807) is 0 Å². The Bertz CT molecular complexity index is 242. The minimum Gasteiger partial charge on any atom is -0.345 e. The quantitative estimate of drug-likeness (QED) is 0.655. The second-order valence-electron chi connectivity index (χ2n) is 3.64. The van der Waals surface area contributed by atoms with E-state index >= 15 is 0 Å². The number of imidazole rings is 1. The molecular weight excluding hydrogens is 174 g/mol. The van der Waals surface area contributed by atoms with Crippen molar-refractivity contribution in [1.29, 1.82) is 0 Å². The van der Waals surface area contributed by atoms with Crippen molar-refractivity contribution >= 4 is 0 Å². The fourth-order valence-electron chi connectivity index (χ4n) is 1.37. The van der Waals surface area contributed by atoms with Crippen LogP contribution >= 0.6 is 0 Å². The second-order valence-corrected chi connectivity index (χ2v) is 3.64. The average Bonchev–Trinajstić information content (AvgIpc) is 2.63. The summed E-state index contributed by atoms with van der Waals surface area (Å²) < 4.78 is 0. The first-order valence-corrected chi connectivity index (χ1v) is 5.60. The zero-order valence-electron chi connectivity index (χ0n) is 9.27. The van der Waals surface area contributed by atoms with Crippen LogP contribution in [-0.4, -0.2) is 16.5 Å². The minimum absolute atomic E-state index is 0.910. The lowest BCUT2D eigenvalue weighted by Gasteiger charge is -1.99. The first-order valence-electron chi connectivity index (χ1n) is 5.60. The summed E-state index contributed by atoms with van der Waals surface area (Å²) in [4.78, 5) is 7.67. The van der Waals surface area contributed by atoms with Gasteiger partial charge in [0.25, 0.3) is 0 Å². The van der Waals surface area contributed by atoms with Gasteiger partial charge in [-0.3, -0.25) is 0 Å². The van der Waals surface area contributed by atoms with Crippen LogP contribution < -0.4 is 5.32 Å². The van der Waals surface area contributed by atoms with Crippen LogP contribution in [0.5, 0.6) is 0 Å². The van der Waals surface area contributed by atoms with Gasteiger partial charge in [-0.2, -0.15) is 0 Å². The fraction of sp³-hybridized carbons (Fsp3) is 0.727. The molecule has 0 fully saturated rings. The molecule has 3 heteroatoms. The standard InChI is InChI=1S/C11H21N3/c1-3-5-6-11-13-9-10(14-11)8-12-7-4-2/h9,12H,3-8H2,1-2H3,(H,13,14). The molecule has 80 valence electrons. The Hall–Kier alpha value is -0.830. The summed E-state index contributed by atoms with van der Waals surface area (Å²) in [5.41, 5.74) is 1.20. The number of rotatable bonds is 7. The molecule has 0 saturated carbocycles. The van der Waals surface area contributed by atoms with Gasteiger partial charge in [0.2, 0.25) is 0 Å². The normalized spacial score (nSPS) is 10.7. The summed E-state index contributed by atoms with van der Waals surface area (Å²) in [5, 5.41) is 3.35. The summed E-state index contributed by atoms with van der Waals surface area (Å²) in [5.74, 6) is 1.13. The maximum absolute atomic E-state index is 4.34. The third kappa shape index (κ3) is 3.92. The maximum Gasteiger partial charge on any atom is 0.106 e. The molecule has 3 nitrogen and oxygen atoms in total. The fourth-order valence-corrected chi connectivity index (χ4v) is 1.37. The highest BCUT2D eigenvalue weighted by Crippen LogP contribution is 2.01. The first kappa shape index (κ1) is 11.2. The molecule has 1 heterocycles. The van der Waals surface area contributed by atoms with Gasteiger partial charge in [-0.25, -0.2) is 4.98 Å². The van der Waals surface area contributed by atoms with Gasteiger partial charge < -0.3 is 10.3 Å². The van der Waals surface area contributed by atoms with Crippen molar-refractivity contribution in [3.05, 3.63) is 17.7 Å². The van der Waals surface area contributed by atoms with Gasteiger partial charge >= 0.3 is 0 Å². The molecule has 14 heavy (non-hydrogen) atoms. The van der Waals surface area contributed by atoms with Crippen LogP contribution in [0.4, 0.5) is 0 Å². The van der Waals surface area contributed by atoms with Crippen molar-refractivity contribution in [3.63, 3.8) is 0 Å². The molecular formula is C11H21N3. The van der Waals surface area contributed by atoms with Gasteiger partial charge in [0, 0.05) is 24.9 Å². The van der Waals surface area contributed by atoms with Crippen molar-refractivity contribution in [1.82, 2.24) is 15.3 Å². The lowest BCUT2D eigenvalue weighted by Crippen LogP contribution is -2.13. The number of H-pyrrole nitrogens is 1. The van der Waals surface area contributed by atoms with Crippen molar-refractivity contribution in [2.24, 2.45) is 0 Å². The Labute approximate surface area is 86.3 Å². The van der Waals surface area contributed by atoms with E-state index < -0.39 is 0 Å². The Balaban J connectivity index is 2.27. The number of nitrogens with zero attached hydrogens (tertiary/aromatic N) is 1. The number of aryl methyl sites for hydroxylation is 1. The monoisotopic (exact) mass is 195 g/mol. The molecule has 0 unspecified atom stereocenters. The zero-order valence-corrected chi connectivity index (χ0v) is 9.27. The molecule has 0 amide bonds. The van der Waals surface area contributed by atoms with Crippen LogP contribution in [-0.2, 0) is 13.0 Å². The second kappa shape index (κ2) is 6.60. The highest BCUT2D eigenvalue weighted by molar-refractivity contribution is 5.00. The number of unbranched alkanes of at least 4 members (excludes halogenated alkanes) is 1.